The molecule has 0 atom stereocenters. The summed E-state index contributed by atoms with van der Waals surface area (Å²) in [6.07, 6.45) is 2.90. The lowest BCUT2D eigenvalue weighted by Gasteiger charge is -2.27. The number of hydrogen-bond acceptors (Lipinski definition) is 5. The molecule has 0 spiro atoms. The second kappa shape index (κ2) is 7.35. The largest absolute Gasteiger partial charge is 0.379 e. The van der Waals surface area contributed by atoms with Crippen molar-refractivity contribution in [3.8, 4) is 0 Å². The highest BCUT2D eigenvalue weighted by molar-refractivity contribution is 7.89. The van der Waals surface area contributed by atoms with E-state index in [1.807, 2.05) is 6.92 Å². The van der Waals surface area contributed by atoms with Crippen LogP contribution in [-0.4, -0.2) is 74.0 Å². The predicted octanol–water partition coefficient (Wildman–Crippen LogP) is 0.315. The van der Waals surface area contributed by atoms with E-state index in [1.54, 1.807) is 7.05 Å². The van der Waals surface area contributed by atoms with Gasteiger partial charge in [0, 0.05) is 33.1 Å². The molecule has 0 amide bonds. The molecule has 1 saturated heterocycles. The minimum atomic E-state index is -3.46. The topological polar surface area (TPSA) is 78.5 Å². The lowest BCUT2D eigenvalue weighted by Crippen LogP contribution is -2.38. The van der Waals surface area contributed by atoms with Crippen molar-refractivity contribution in [3.05, 3.63) is 12.0 Å². The van der Waals surface area contributed by atoms with Crippen molar-refractivity contribution in [2.75, 3.05) is 46.4 Å². The second-order valence-electron chi connectivity index (χ2n) is 5.18. The summed E-state index contributed by atoms with van der Waals surface area (Å²) in [6.45, 7) is 6.71. The van der Waals surface area contributed by atoms with Crippen LogP contribution in [0.4, 0.5) is 0 Å². The summed E-state index contributed by atoms with van der Waals surface area (Å²) in [7, 11) is -1.85. The van der Waals surface area contributed by atoms with Crippen molar-refractivity contribution in [1.82, 2.24) is 19.2 Å². The highest BCUT2D eigenvalue weighted by Gasteiger charge is 2.23. The normalized spacial score (nSPS) is 17.5. The highest BCUT2D eigenvalue weighted by atomic mass is 32.2. The van der Waals surface area contributed by atoms with E-state index in [4.69, 9.17) is 4.74 Å². The van der Waals surface area contributed by atoms with Gasteiger partial charge in [0.25, 0.3) is 10.0 Å². The maximum absolute atomic E-state index is 12.4. The number of aromatic nitrogens is 2. The van der Waals surface area contributed by atoms with Crippen LogP contribution in [0.15, 0.2) is 11.2 Å². The van der Waals surface area contributed by atoms with Gasteiger partial charge in [0.05, 0.1) is 19.4 Å². The Morgan fingerprint density at radius 2 is 2.14 bits per heavy atom. The van der Waals surface area contributed by atoms with E-state index >= 15 is 0 Å². The fourth-order valence-electron chi connectivity index (χ4n) is 2.28. The molecule has 1 aliphatic rings. The first kappa shape index (κ1) is 16.4. The van der Waals surface area contributed by atoms with E-state index in [0.717, 1.165) is 39.3 Å². The lowest BCUT2D eigenvalue weighted by atomic mass is 10.3. The van der Waals surface area contributed by atoms with Gasteiger partial charge in [-0.05, 0) is 13.0 Å². The number of ether oxygens (including phenoxy) is 1. The third-order valence-electron chi connectivity index (χ3n) is 3.68. The van der Waals surface area contributed by atoms with Crippen LogP contribution in [0.3, 0.4) is 0 Å². The van der Waals surface area contributed by atoms with Gasteiger partial charge in [-0.15, -0.1) is 0 Å². The van der Waals surface area contributed by atoms with Crippen molar-refractivity contribution in [2.24, 2.45) is 0 Å². The molecule has 7 nitrogen and oxygen atoms in total. The molecule has 0 bridgehead atoms. The van der Waals surface area contributed by atoms with Crippen molar-refractivity contribution in [2.45, 2.75) is 24.8 Å². The maximum atomic E-state index is 12.4. The van der Waals surface area contributed by atoms with Gasteiger partial charge in [0.2, 0.25) is 0 Å². The summed E-state index contributed by atoms with van der Waals surface area (Å²) in [5.74, 6) is 0.690. The van der Waals surface area contributed by atoms with Gasteiger partial charge in [-0.1, -0.05) is 6.92 Å². The van der Waals surface area contributed by atoms with Crippen LogP contribution < -0.4 is 0 Å². The number of sulfonamides is 1. The van der Waals surface area contributed by atoms with Gasteiger partial charge >= 0.3 is 0 Å². The first-order valence-corrected chi connectivity index (χ1v) is 8.78. The summed E-state index contributed by atoms with van der Waals surface area (Å²) >= 11 is 0. The second-order valence-corrected chi connectivity index (χ2v) is 7.20. The average Bonchev–Trinajstić information content (AvgIpc) is 2.98. The quantitative estimate of drug-likeness (QED) is 0.783. The van der Waals surface area contributed by atoms with Gasteiger partial charge in [-0.25, -0.2) is 13.4 Å². The Labute approximate surface area is 126 Å². The SMILES string of the molecule is CCc1ncc(S(=O)(=O)N(C)CCCN2CCOCC2)[nH]1. The Balaban J connectivity index is 1.84. The molecule has 1 fully saturated rings. The Hall–Kier alpha value is -0.960. The van der Waals surface area contributed by atoms with E-state index in [2.05, 4.69) is 14.9 Å². The summed E-state index contributed by atoms with van der Waals surface area (Å²) in [5.41, 5.74) is 0. The third kappa shape index (κ3) is 4.26. The molecule has 0 aliphatic carbocycles. The van der Waals surface area contributed by atoms with Crippen molar-refractivity contribution in [1.29, 1.82) is 0 Å². The summed E-state index contributed by atoms with van der Waals surface area (Å²) in [5, 5.41) is 0.174. The minimum absolute atomic E-state index is 0.174. The number of aryl methyl sites for hydroxylation is 1. The lowest BCUT2D eigenvalue weighted by molar-refractivity contribution is 0.0370. The first-order valence-electron chi connectivity index (χ1n) is 7.34. The van der Waals surface area contributed by atoms with E-state index < -0.39 is 10.0 Å². The summed E-state index contributed by atoms with van der Waals surface area (Å²) < 4.78 is 31.4. The Kier molecular flexibility index (Phi) is 5.74. The predicted molar refractivity (Wildman–Crippen MR) is 79.7 cm³/mol. The number of nitrogens with one attached hydrogen (secondary N) is 1. The number of aromatic amines is 1. The third-order valence-corrected chi connectivity index (χ3v) is 5.45. The average molecular weight is 316 g/mol. The Bertz CT molecular complexity index is 537. The molecule has 0 aromatic carbocycles. The van der Waals surface area contributed by atoms with Crippen LogP contribution in [0, 0.1) is 0 Å². The molecule has 0 saturated carbocycles. The van der Waals surface area contributed by atoms with Crippen molar-refractivity contribution in [3.63, 3.8) is 0 Å². The Morgan fingerprint density at radius 3 is 2.76 bits per heavy atom. The Morgan fingerprint density at radius 1 is 1.43 bits per heavy atom. The molecule has 1 aliphatic heterocycles. The van der Waals surface area contributed by atoms with Gasteiger partial charge < -0.3 is 9.72 Å². The number of imidazole rings is 1. The van der Waals surface area contributed by atoms with E-state index in [9.17, 15) is 8.42 Å². The van der Waals surface area contributed by atoms with E-state index in [1.165, 1.54) is 10.5 Å². The van der Waals surface area contributed by atoms with Crippen molar-refractivity contribution < 1.29 is 13.2 Å². The molecule has 21 heavy (non-hydrogen) atoms. The van der Waals surface area contributed by atoms with E-state index in [0.29, 0.717) is 18.8 Å². The zero-order chi connectivity index (χ0) is 15.3. The van der Waals surface area contributed by atoms with Gasteiger partial charge in [-0.3, -0.25) is 4.90 Å². The maximum Gasteiger partial charge on any atom is 0.259 e. The van der Waals surface area contributed by atoms with Crippen LogP contribution >= 0.6 is 0 Å². The van der Waals surface area contributed by atoms with E-state index in [-0.39, 0.29) is 5.03 Å². The minimum Gasteiger partial charge on any atom is -0.379 e. The molecule has 8 heteroatoms. The monoisotopic (exact) mass is 316 g/mol. The van der Waals surface area contributed by atoms with Gasteiger partial charge in [-0.2, -0.15) is 4.31 Å². The summed E-state index contributed by atoms with van der Waals surface area (Å²) in [4.78, 5) is 9.21. The molecule has 0 radical (unpaired) electrons. The number of nitrogens with zero attached hydrogens (tertiary/aromatic N) is 3. The fraction of sp³-hybridized carbons (Fsp3) is 0.769. The summed E-state index contributed by atoms with van der Waals surface area (Å²) in [6, 6.07) is 0. The number of morpholine rings is 1. The number of hydrogen-bond donors (Lipinski definition) is 1. The number of rotatable bonds is 7. The molecule has 0 unspecified atom stereocenters. The molecule has 120 valence electrons. The van der Waals surface area contributed by atoms with Gasteiger partial charge in [0.15, 0.2) is 5.03 Å². The number of H-pyrrole nitrogens is 1. The van der Waals surface area contributed by atoms with Crippen LogP contribution in [-0.2, 0) is 21.2 Å². The van der Waals surface area contributed by atoms with Crippen LogP contribution in [0.5, 0.6) is 0 Å². The molecule has 1 aromatic rings. The first-order chi connectivity index (χ1) is 10.0. The standard InChI is InChI=1S/C13H24N4O3S/c1-3-12-14-11-13(15-12)21(18,19)16(2)5-4-6-17-7-9-20-10-8-17/h11H,3-10H2,1-2H3,(H,14,15). The zero-order valence-electron chi connectivity index (χ0n) is 12.7. The molecule has 2 rings (SSSR count). The molecule has 1 N–H and O–H groups in total. The van der Waals surface area contributed by atoms with Gasteiger partial charge in [0.1, 0.15) is 5.82 Å². The molecular formula is C13H24N4O3S. The van der Waals surface area contributed by atoms with Crippen molar-refractivity contribution >= 4 is 10.0 Å². The molecular weight excluding hydrogens is 292 g/mol. The molecule has 2 heterocycles. The fourth-order valence-corrected chi connectivity index (χ4v) is 3.42. The molecule has 1 aromatic heterocycles. The zero-order valence-corrected chi connectivity index (χ0v) is 13.5. The van der Waals surface area contributed by atoms with Crippen LogP contribution in [0.25, 0.3) is 0 Å². The highest BCUT2D eigenvalue weighted by Crippen LogP contribution is 2.12. The smallest absolute Gasteiger partial charge is 0.259 e. The van der Waals surface area contributed by atoms with Crippen LogP contribution in [0.2, 0.25) is 0 Å². The van der Waals surface area contributed by atoms with Crippen LogP contribution in [0.1, 0.15) is 19.2 Å².